The van der Waals surface area contributed by atoms with Crippen molar-refractivity contribution in [1.29, 1.82) is 0 Å². The molecule has 0 aliphatic carbocycles. The predicted molar refractivity (Wildman–Crippen MR) is 162 cm³/mol. The predicted octanol–water partition coefficient (Wildman–Crippen LogP) is 6.59. The van der Waals surface area contributed by atoms with Crippen LogP contribution in [0.5, 0.6) is 0 Å². The maximum absolute atomic E-state index is 13.3. The van der Waals surface area contributed by atoms with Gasteiger partial charge in [-0.15, -0.1) is 0 Å². The van der Waals surface area contributed by atoms with Crippen molar-refractivity contribution in [3.63, 3.8) is 0 Å². The first kappa shape index (κ1) is 31.4. The van der Waals surface area contributed by atoms with E-state index >= 15 is 0 Å². The molecule has 1 aliphatic rings. The Kier molecular flexibility index (Phi) is 10.9. The van der Waals surface area contributed by atoms with Gasteiger partial charge in [0, 0.05) is 35.8 Å². The van der Waals surface area contributed by atoms with Gasteiger partial charge in [0.25, 0.3) is 11.8 Å². The molecule has 0 bridgehead atoms. The van der Waals surface area contributed by atoms with Gasteiger partial charge in [0.05, 0.1) is 34.7 Å². The second kappa shape index (κ2) is 14.6. The number of nitrogens with zero attached hydrogens (tertiary/aromatic N) is 2. The number of benzene rings is 3. The summed E-state index contributed by atoms with van der Waals surface area (Å²) in [6.07, 6.45) is -0.359. The number of hydrogen-bond donors (Lipinski definition) is 3. The SMILES string of the molecule is O=C(Nc1ccc(N2CCCCC2)cc1C(=O)N/N=C/c1ccc(Cl)c(C(F)(F)F)c1)c1cccc(CSCCO)c1. The maximum atomic E-state index is 13.3. The fraction of sp³-hybridized carbons (Fsp3) is 0.300. The van der Waals surface area contributed by atoms with Crippen LogP contribution in [0.15, 0.2) is 65.8 Å². The first-order chi connectivity index (χ1) is 20.2. The Bertz CT molecular complexity index is 1450. The van der Waals surface area contributed by atoms with Gasteiger partial charge in [0.2, 0.25) is 0 Å². The molecule has 3 aromatic carbocycles. The van der Waals surface area contributed by atoms with E-state index in [9.17, 15) is 22.8 Å². The van der Waals surface area contributed by atoms with E-state index < -0.39 is 28.6 Å². The van der Waals surface area contributed by atoms with Gasteiger partial charge in [-0.05, 0) is 72.9 Å². The number of alkyl halides is 3. The Morgan fingerprint density at radius 1 is 1.02 bits per heavy atom. The zero-order valence-electron chi connectivity index (χ0n) is 22.6. The molecule has 42 heavy (non-hydrogen) atoms. The van der Waals surface area contributed by atoms with Crippen LogP contribution in [-0.2, 0) is 11.9 Å². The fourth-order valence-corrected chi connectivity index (χ4v) is 5.41. The van der Waals surface area contributed by atoms with E-state index in [-0.39, 0.29) is 23.4 Å². The average molecular weight is 619 g/mol. The number of piperidine rings is 1. The van der Waals surface area contributed by atoms with E-state index in [1.54, 1.807) is 42.1 Å². The van der Waals surface area contributed by atoms with Gasteiger partial charge in [-0.3, -0.25) is 9.59 Å². The van der Waals surface area contributed by atoms with Gasteiger partial charge in [-0.25, -0.2) is 5.43 Å². The Hall–Kier alpha value is -3.54. The highest BCUT2D eigenvalue weighted by Crippen LogP contribution is 2.35. The molecule has 2 amide bonds. The first-order valence-corrected chi connectivity index (χ1v) is 14.9. The molecule has 1 saturated heterocycles. The number of anilines is 2. The van der Waals surface area contributed by atoms with Crippen LogP contribution in [0.4, 0.5) is 24.5 Å². The van der Waals surface area contributed by atoms with Crippen molar-refractivity contribution >= 4 is 52.8 Å². The third kappa shape index (κ3) is 8.50. The minimum atomic E-state index is -4.63. The number of aliphatic hydroxyl groups is 1. The number of halogens is 4. The van der Waals surface area contributed by atoms with Crippen LogP contribution >= 0.6 is 23.4 Å². The van der Waals surface area contributed by atoms with Crippen molar-refractivity contribution in [3.05, 3.63) is 93.5 Å². The van der Waals surface area contributed by atoms with Crippen LogP contribution in [-0.4, -0.2) is 48.6 Å². The molecule has 1 fully saturated rings. The summed E-state index contributed by atoms with van der Waals surface area (Å²) in [4.78, 5) is 28.6. The molecular weight excluding hydrogens is 589 g/mol. The summed E-state index contributed by atoms with van der Waals surface area (Å²) in [6, 6.07) is 15.6. The summed E-state index contributed by atoms with van der Waals surface area (Å²) in [5, 5.41) is 15.2. The third-order valence-corrected chi connectivity index (χ3v) is 7.92. The molecule has 1 aliphatic heterocycles. The number of carbonyl (C=O) groups is 2. The number of hydrogen-bond acceptors (Lipinski definition) is 6. The van der Waals surface area contributed by atoms with Crippen LogP contribution in [0, 0.1) is 0 Å². The molecule has 0 saturated carbocycles. The smallest absolute Gasteiger partial charge is 0.396 e. The van der Waals surface area contributed by atoms with E-state index in [2.05, 4.69) is 20.7 Å². The molecule has 1 heterocycles. The van der Waals surface area contributed by atoms with E-state index in [0.29, 0.717) is 17.1 Å². The van der Waals surface area contributed by atoms with Crippen LogP contribution in [0.25, 0.3) is 0 Å². The number of nitrogens with one attached hydrogen (secondary N) is 2. The molecule has 4 rings (SSSR count). The van der Waals surface area contributed by atoms with Gasteiger partial charge in [0.15, 0.2) is 0 Å². The summed E-state index contributed by atoms with van der Waals surface area (Å²) in [7, 11) is 0. The third-order valence-electron chi connectivity index (χ3n) is 6.59. The van der Waals surface area contributed by atoms with E-state index in [1.807, 2.05) is 12.1 Å². The van der Waals surface area contributed by atoms with Crippen LogP contribution in [0.1, 0.15) is 56.7 Å². The highest BCUT2D eigenvalue weighted by molar-refractivity contribution is 7.98. The van der Waals surface area contributed by atoms with Gasteiger partial charge in [-0.1, -0.05) is 29.8 Å². The van der Waals surface area contributed by atoms with Crippen molar-refractivity contribution in [2.24, 2.45) is 5.10 Å². The van der Waals surface area contributed by atoms with Crippen molar-refractivity contribution in [2.75, 3.05) is 35.7 Å². The number of amides is 2. The summed E-state index contributed by atoms with van der Waals surface area (Å²) >= 11 is 7.23. The lowest BCUT2D eigenvalue weighted by Gasteiger charge is -2.29. The number of carbonyl (C=O) groups excluding carboxylic acids is 2. The summed E-state index contributed by atoms with van der Waals surface area (Å²) in [6.45, 7) is 1.75. The molecule has 0 aromatic heterocycles. The molecule has 0 spiro atoms. The van der Waals surface area contributed by atoms with Gasteiger partial charge in [0.1, 0.15) is 0 Å². The summed E-state index contributed by atoms with van der Waals surface area (Å²) in [5.74, 6) is 0.172. The minimum absolute atomic E-state index is 0.0709. The molecular formula is C30H30ClF3N4O3S. The van der Waals surface area contributed by atoms with E-state index in [4.69, 9.17) is 16.7 Å². The first-order valence-electron chi connectivity index (χ1n) is 13.3. The molecule has 222 valence electrons. The largest absolute Gasteiger partial charge is 0.417 e. The molecule has 0 unspecified atom stereocenters. The van der Waals surface area contributed by atoms with Crippen molar-refractivity contribution < 1.29 is 27.9 Å². The molecule has 0 radical (unpaired) electrons. The molecule has 7 nitrogen and oxygen atoms in total. The minimum Gasteiger partial charge on any atom is -0.396 e. The van der Waals surface area contributed by atoms with Gasteiger partial charge >= 0.3 is 6.18 Å². The Morgan fingerprint density at radius 2 is 1.81 bits per heavy atom. The normalized spacial score (nSPS) is 13.8. The van der Waals surface area contributed by atoms with Crippen molar-refractivity contribution in [1.82, 2.24) is 5.43 Å². The number of aliphatic hydroxyl groups excluding tert-OH is 1. The zero-order valence-corrected chi connectivity index (χ0v) is 24.2. The lowest BCUT2D eigenvalue weighted by molar-refractivity contribution is -0.137. The molecule has 0 atom stereocenters. The Labute approximate surface area is 251 Å². The second-order valence-electron chi connectivity index (χ2n) is 9.64. The quantitative estimate of drug-likeness (QED) is 0.135. The zero-order chi connectivity index (χ0) is 30.1. The standard InChI is InChI=1S/C30H30ClF3N4O3S/c31-26-9-7-20(16-25(26)30(32,33)34)18-35-37-29(41)24-17-23(38-11-2-1-3-12-38)8-10-27(24)36-28(40)22-6-4-5-21(15-22)19-42-14-13-39/h4-10,15-18,39H,1-3,11-14,19H2,(H,36,40)(H,37,41)/b35-18+. The molecule has 12 heteroatoms. The maximum Gasteiger partial charge on any atom is 0.417 e. The lowest BCUT2D eigenvalue weighted by atomic mass is 10.1. The van der Waals surface area contributed by atoms with Gasteiger partial charge in [-0.2, -0.15) is 30.0 Å². The highest BCUT2D eigenvalue weighted by Gasteiger charge is 2.33. The van der Waals surface area contributed by atoms with E-state index in [1.165, 1.54) is 6.07 Å². The fourth-order valence-electron chi connectivity index (χ4n) is 4.50. The lowest BCUT2D eigenvalue weighted by Crippen LogP contribution is -2.30. The second-order valence-corrected chi connectivity index (χ2v) is 11.2. The van der Waals surface area contributed by atoms with Crippen LogP contribution in [0.2, 0.25) is 5.02 Å². The highest BCUT2D eigenvalue weighted by atomic mass is 35.5. The number of rotatable bonds is 10. The molecule has 3 aromatic rings. The Morgan fingerprint density at radius 3 is 2.55 bits per heavy atom. The summed E-state index contributed by atoms with van der Waals surface area (Å²) in [5.41, 5.74) is 4.02. The Balaban J connectivity index is 1.55. The van der Waals surface area contributed by atoms with Crippen LogP contribution < -0.4 is 15.6 Å². The number of hydrazone groups is 1. The topological polar surface area (TPSA) is 94.0 Å². The van der Waals surface area contributed by atoms with Gasteiger partial charge < -0.3 is 15.3 Å². The monoisotopic (exact) mass is 618 g/mol. The summed E-state index contributed by atoms with van der Waals surface area (Å²) < 4.78 is 39.6. The number of thioether (sulfide) groups is 1. The van der Waals surface area contributed by atoms with Crippen molar-refractivity contribution in [3.8, 4) is 0 Å². The van der Waals surface area contributed by atoms with E-state index in [0.717, 1.165) is 62.0 Å². The van der Waals surface area contributed by atoms with Crippen molar-refractivity contribution in [2.45, 2.75) is 31.2 Å². The molecule has 3 N–H and O–H groups in total. The van der Waals surface area contributed by atoms with Crippen LogP contribution in [0.3, 0.4) is 0 Å². The average Bonchev–Trinajstić information content (AvgIpc) is 2.98.